The highest BCUT2D eigenvalue weighted by Crippen LogP contribution is 2.18. The highest BCUT2D eigenvalue weighted by atomic mass is 16.5. The van der Waals surface area contributed by atoms with Crippen LogP contribution in [0.1, 0.15) is 25.5 Å². The lowest BCUT2D eigenvalue weighted by Gasteiger charge is -2.15. The summed E-state index contributed by atoms with van der Waals surface area (Å²) in [6, 6.07) is 6.51. The molecule has 0 aromatic heterocycles. The van der Waals surface area contributed by atoms with Crippen LogP contribution in [-0.4, -0.2) is 25.1 Å². The number of benzene rings is 1. The van der Waals surface area contributed by atoms with Gasteiger partial charge in [0.1, 0.15) is 5.75 Å². The Morgan fingerprint density at radius 3 is 2.58 bits per heavy atom. The molecule has 0 spiro atoms. The minimum absolute atomic E-state index is 0.112. The van der Waals surface area contributed by atoms with Crippen LogP contribution >= 0.6 is 0 Å². The van der Waals surface area contributed by atoms with Crippen LogP contribution in [0, 0.1) is 0 Å². The van der Waals surface area contributed by atoms with Crippen molar-refractivity contribution in [1.29, 1.82) is 0 Å². The van der Waals surface area contributed by atoms with Crippen LogP contribution in [0.3, 0.4) is 0 Å². The average Bonchev–Trinajstić information content (AvgIpc) is 2.38. The Balaban J connectivity index is 2.66. The molecule has 0 aliphatic rings. The molecule has 19 heavy (non-hydrogen) atoms. The second-order valence-corrected chi connectivity index (χ2v) is 4.19. The van der Waals surface area contributed by atoms with Crippen molar-refractivity contribution in [3.05, 3.63) is 29.8 Å². The van der Waals surface area contributed by atoms with Crippen molar-refractivity contribution in [2.45, 2.75) is 26.0 Å². The summed E-state index contributed by atoms with van der Waals surface area (Å²) in [5.74, 6) is 0.0277. The van der Waals surface area contributed by atoms with Crippen LogP contribution < -0.4 is 21.1 Å². The van der Waals surface area contributed by atoms with Crippen LogP contribution in [0.4, 0.5) is 4.79 Å². The molecule has 0 saturated carbocycles. The Morgan fingerprint density at radius 1 is 1.32 bits per heavy atom. The number of imide groups is 1. The average molecular weight is 265 g/mol. The molecule has 1 unspecified atom stereocenters. The number of amides is 3. The van der Waals surface area contributed by atoms with Gasteiger partial charge < -0.3 is 15.8 Å². The number of nitrogens with one attached hydrogen (secondary N) is 2. The van der Waals surface area contributed by atoms with Gasteiger partial charge >= 0.3 is 6.03 Å². The monoisotopic (exact) mass is 265 g/mol. The molecule has 0 fully saturated rings. The van der Waals surface area contributed by atoms with E-state index in [9.17, 15) is 9.59 Å². The third-order valence-corrected chi connectivity index (χ3v) is 2.53. The van der Waals surface area contributed by atoms with Crippen molar-refractivity contribution >= 4 is 11.9 Å². The number of rotatable bonds is 4. The van der Waals surface area contributed by atoms with Gasteiger partial charge in [0.2, 0.25) is 0 Å². The van der Waals surface area contributed by atoms with Gasteiger partial charge in [0.05, 0.1) is 0 Å². The molecule has 2 atom stereocenters. The molecular weight excluding hydrogens is 246 g/mol. The van der Waals surface area contributed by atoms with Crippen LogP contribution in [-0.2, 0) is 4.79 Å². The van der Waals surface area contributed by atoms with Crippen LogP contribution in [0.15, 0.2) is 24.3 Å². The van der Waals surface area contributed by atoms with E-state index in [4.69, 9.17) is 10.5 Å². The van der Waals surface area contributed by atoms with Crippen LogP contribution in [0.2, 0.25) is 0 Å². The topological polar surface area (TPSA) is 93.5 Å². The smallest absolute Gasteiger partial charge is 0.321 e. The van der Waals surface area contributed by atoms with E-state index in [0.29, 0.717) is 5.75 Å². The Labute approximate surface area is 112 Å². The quantitative estimate of drug-likeness (QED) is 0.755. The summed E-state index contributed by atoms with van der Waals surface area (Å²) in [7, 11) is 1.43. The van der Waals surface area contributed by atoms with Gasteiger partial charge in [-0.05, 0) is 31.5 Å². The second kappa shape index (κ2) is 6.75. The maximum absolute atomic E-state index is 11.6. The van der Waals surface area contributed by atoms with Gasteiger partial charge in [-0.1, -0.05) is 12.1 Å². The standard InChI is InChI=1S/C13H19N3O3/c1-8(14)10-5-4-6-11(7-10)19-9(2)12(17)16-13(18)15-3/h4-9H,14H2,1-3H3,(H2,15,16,17,18)/t8-,9?/m0/s1. The number of hydrogen-bond donors (Lipinski definition) is 3. The van der Waals surface area contributed by atoms with E-state index in [0.717, 1.165) is 5.56 Å². The third kappa shape index (κ3) is 4.59. The molecule has 6 nitrogen and oxygen atoms in total. The first kappa shape index (κ1) is 15.0. The molecule has 4 N–H and O–H groups in total. The molecule has 1 aromatic rings. The first-order chi connectivity index (χ1) is 8.93. The summed E-state index contributed by atoms with van der Waals surface area (Å²) in [6.07, 6.45) is -0.777. The van der Waals surface area contributed by atoms with Crippen LogP contribution in [0.25, 0.3) is 0 Å². The molecule has 0 aliphatic heterocycles. The van der Waals surface area contributed by atoms with Crippen molar-refractivity contribution in [1.82, 2.24) is 10.6 Å². The Bertz CT molecular complexity index is 460. The second-order valence-electron chi connectivity index (χ2n) is 4.19. The molecule has 0 bridgehead atoms. The molecule has 0 heterocycles. The molecule has 1 aromatic carbocycles. The van der Waals surface area contributed by atoms with E-state index in [-0.39, 0.29) is 6.04 Å². The highest BCUT2D eigenvalue weighted by molar-refractivity contribution is 5.96. The van der Waals surface area contributed by atoms with Gasteiger partial charge in [-0.2, -0.15) is 0 Å². The van der Waals surface area contributed by atoms with Crippen molar-refractivity contribution < 1.29 is 14.3 Å². The molecule has 3 amide bonds. The molecule has 6 heteroatoms. The number of hydrogen-bond acceptors (Lipinski definition) is 4. The van der Waals surface area contributed by atoms with E-state index < -0.39 is 18.0 Å². The molecule has 0 radical (unpaired) electrons. The normalized spacial score (nSPS) is 13.3. The molecule has 104 valence electrons. The fourth-order valence-corrected chi connectivity index (χ4v) is 1.40. The zero-order valence-electron chi connectivity index (χ0n) is 11.3. The number of carbonyl (C=O) groups is 2. The van der Waals surface area contributed by atoms with Gasteiger partial charge in [0.15, 0.2) is 6.10 Å². The predicted octanol–water partition coefficient (Wildman–Crippen LogP) is 0.929. The lowest BCUT2D eigenvalue weighted by atomic mass is 10.1. The maximum Gasteiger partial charge on any atom is 0.321 e. The van der Waals surface area contributed by atoms with E-state index in [2.05, 4.69) is 10.6 Å². The first-order valence-corrected chi connectivity index (χ1v) is 5.98. The number of nitrogens with two attached hydrogens (primary N) is 1. The number of carbonyl (C=O) groups excluding carboxylic acids is 2. The predicted molar refractivity (Wildman–Crippen MR) is 71.7 cm³/mol. The van der Waals surface area contributed by atoms with Gasteiger partial charge in [0.25, 0.3) is 5.91 Å². The zero-order chi connectivity index (χ0) is 14.4. The zero-order valence-corrected chi connectivity index (χ0v) is 11.3. The largest absolute Gasteiger partial charge is 0.481 e. The Morgan fingerprint density at radius 2 is 2.00 bits per heavy atom. The maximum atomic E-state index is 11.6. The lowest BCUT2D eigenvalue weighted by Crippen LogP contribution is -2.43. The highest BCUT2D eigenvalue weighted by Gasteiger charge is 2.17. The molecular formula is C13H19N3O3. The van der Waals surface area contributed by atoms with Crippen molar-refractivity contribution in [2.75, 3.05) is 7.05 Å². The Hall–Kier alpha value is -2.08. The first-order valence-electron chi connectivity index (χ1n) is 5.98. The third-order valence-electron chi connectivity index (χ3n) is 2.53. The minimum atomic E-state index is -0.777. The lowest BCUT2D eigenvalue weighted by molar-refractivity contribution is -0.126. The SMILES string of the molecule is CNC(=O)NC(=O)C(C)Oc1cccc([C@H](C)N)c1. The summed E-state index contributed by atoms with van der Waals surface area (Å²) in [4.78, 5) is 22.6. The number of urea groups is 1. The number of ether oxygens (including phenoxy) is 1. The van der Waals surface area contributed by atoms with Gasteiger partial charge in [-0.15, -0.1) is 0 Å². The van der Waals surface area contributed by atoms with Gasteiger partial charge in [0, 0.05) is 13.1 Å². The minimum Gasteiger partial charge on any atom is -0.481 e. The van der Waals surface area contributed by atoms with E-state index in [1.165, 1.54) is 7.05 Å². The van der Waals surface area contributed by atoms with Gasteiger partial charge in [-0.3, -0.25) is 10.1 Å². The summed E-state index contributed by atoms with van der Waals surface area (Å²) >= 11 is 0. The van der Waals surface area contributed by atoms with Crippen LogP contribution in [0.5, 0.6) is 5.75 Å². The van der Waals surface area contributed by atoms with Crippen molar-refractivity contribution in [3.8, 4) is 5.75 Å². The summed E-state index contributed by atoms with van der Waals surface area (Å²) in [6.45, 7) is 3.43. The van der Waals surface area contributed by atoms with E-state index >= 15 is 0 Å². The summed E-state index contributed by atoms with van der Waals surface area (Å²) in [5, 5.41) is 4.44. The molecule has 1 rings (SSSR count). The summed E-state index contributed by atoms with van der Waals surface area (Å²) in [5.41, 5.74) is 6.68. The Kier molecular flexibility index (Phi) is 5.32. The van der Waals surface area contributed by atoms with E-state index in [1.807, 2.05) is 13.0 Å². The van der Waals surface area contributed by atoms with Crippen molar-refractivity contribution in [2.24, 2.45) is 5.73 Å². The van der Waals surface area contributed by atoms with E-state index in [1.54, 1.807) is 25.1 Å². The van der Waals surface area contributed by atoms with Gasteiger partial charge in [-0.25, -0.2) is 4.79 Å². The fourth-order valence-electron chi connectivity index (χ4n) is 1.40. The summed E-state index contributed by atoms with van der Waals surface area (Å²) < 4.78 is 5.46. The fraction of sp³-hybridized carbons (Fsp3) is 0.385. The molecule has 0 saturated heterocycles. The molecule has 0 aliphatic carbocycles. The van der Waals surface area contributed by atoms with Crippen molar-refractivity contribution in [3.63, 3.8) is 0 Å².